The molecule has 0 atom stereocenters. The van der Waals surface area contributed by atoms with Gasteiger partial charge in [0, 0.05) is 31.1 Å². The number of piperazine rings is 1. The van der Waals surface area contributed by atoms with Crippen molar-refractivity contribution in [2.45, 2.75) is 39.5 Å². The van der Waals surface area contributed by atoms with Crippen molar-refractivity contribution in [2.75, 3.05) is 26.2 Å². The summed E-state index contributed by atoms with van der Waals surface area (Å²) < 4.78 is 13.0. The number of hydrogen-bond acceptors (Lipinski definition) is 3. The van der Waals surface area contributed by atoms with Crippen LogP contribution in [0.5, 0.6) is 0 Å². The van der Waals surface area contributed by atoms with Crippen molar-refractivity contribution in [3.05, 3.63) is 57.0 Å². The van der Waals surface area contributed by atoms with Gasteiger partial charge in [0.15, 0.2) is 0 Å². The highest BCUT2D eigenvalue weighted by molar-refractivity contribution is 7.14. The highest BCUT2D eigenvalue weighted by Gasteiger charge is 2.26. The first-order valence-electron chi connectivity index (χ1n) is 9.94. The quantitative estimate of drug-likeness (QED) is 0.735. The minimum Gasteiger partial charge on any atom is -0.339 e. The van der Waals surface area contributed by atoms with Gasteiger partial charge in [0.2, 0.25) is 5.91 Å². The molecular formula is C22H27FN2O2S. The van der Waals surface area contributed by atoms with E-state index < -0.39 is 0 Å². The number of carbonyl (C=O) groups excluding carboxylic acids is 2. The van der Waals surface area contributed by atoms with Gasteiger partial charge in [-0.05, 0) is 42.2 Å². The second-order valence-electron chi connectivity index (χ2n) is 7.14. The Bertz CT molecular complexity index is 824. The predicted octanol–water partition coefficient (Wildman–Crippen LogP) is 3.93. The van der Waals surface area contributed by atoms with Crippen LogP contribution in [0, 0.1) is 5.82 Å². The molecule has 1 saturated heterocycles. The van der Waals surface area contributed by atoms with Crippen molar-refractivity contribution >= 4 is 23.2 Å². The summed E-state index contributed by atoms with van der Waals surface area (Å²) in [6.45, 7) is 6.47. The largest absolute Gasteiger partial charge is 0.339 e. The first-order valence-corrected chi connectivity index (χ1v) is 10.8. The van der Waals surface area contributed by atoms with Crippen LogP contribution < -0.4 is 0 Å². The molecule has 0 spiro atoms. The lowest BCUT2D eigenvalue weighted by Crippen LogP contribution is -2.50. The van der Waals surface area contributed by atoms with E-state index in [0.717, 1.165) is 29.7 Å². The molecule has 1 aliphatic heterocycles. The third-order valence-electron chi connectivity index (χ3n) is 5.15. The van der Waals surface area contributed by atoms with E-state index in [9.17, 15) is 14.0 Å². The van der Waals surface area contributed by atoms with Crippen molar-refractivity contribution in [2.24, 2.45) is 0 Å². The first kappa shape index (κ1) is 20.5. The predicted molar refractivity (Wildman–Crippen MR) is 110 cm³/mol. The van der Waals surface area contributed by atoms with E-state index in [1.807, 2.05) is 11.0 Å². The summed E-state index contributed by atoms with van der Waals surface area (Å²) in [4.78, 5) is 31.1. The van der Waals surface area contributed by atoms with Crippen LogP contribution in [0.1, 0.15) is 45.9 Å². The topological polar surface area (TPSA) is 40.6 Å². The van der Waals surface area contributed by atoms with Crippen LogP contribution in [0.25, 0.3) is 0 Å². The number of thiophene rings is 1. The van der Waals surface area contributed by atoms with E-state index in [2.05, 4.69) is 13.8 Å². The summed E-state index contributed by atoms with van der Waals surface area (Å²) in [5.41, 5.74) is 2.09. The second kappa shape index (κ2) is 9.32. The molecule has 1 fully saturated rings. The number of carbonyl (C=O) groups is 2. The summed E-state index contributed by atoms with van der Waals surface area (Å²) in [5.74, 6) is -0.203. The molecule has 6 heteroatoms. The Morgan fingerprint density at radius 3 is 2.29 bits per heavy atom. The van der Waals surface area contributed by atoms with Gasteiger partial charge in [-0.2, -0.15) is 0 Å². The summed E-state index contributed by atoms with van der Waals surface area (Å²) in [5, 5.41) is 0. The van der Waals surface area contributed by atoms with Crippen LogP contribution >= 0.6 is 11.3 Å². The fourth-order valence-electron chi connectivity index (χ4n) is 3.51. The van der Waals surface area contributed by atoms with Gasteiger partial charge in [0.1, 0.15) is 5.82 Å². The summed E-state index contributed by atoms with van der Waals surface area (Å²) in [6, 6.07) is 8.07. The van der Waals surface area contributed by atoms with Crippen molar-refractivity contribution in [3.63, 3.8) is 0 Å². The maximum atomic E-state index is 13.0. The minimum atomic E-state index is -0.301. The molecule has 1 aromatic carbocycles. The molecule has 0 N–H and O–H groups in total. The van der Waals surface area contributed by atoms with Gasteiger partial charge < -0.3 is 9.80 Å². The monoisotopic (exact) mass is 402 g/mol. The standard InChI is InChI=1S/C22H27FN2O2S/c1-3-5-19-17(4-2)15-20(28-19)22(27)25-12-10-24(11-13-25)21(26)14-16-6-8-18(23)9-7-16/h6-9,15H,3-5,10-14H2,1-2H3. The van der Waals surface area contributed by atoms with Crippen molar-refractivity contribution in [1.82, 2.24) is 9.80 Å². The molecule has 2 aromatic rings. The van der Waals surface area contributed by atoms with Gasteiger partial charge in [0.25, 0.3) is 5.91 Å². The number of rotatable bonds is 6. The molecule has 0 aliphatic carbocycles. The van der Waals surface area contributed by atoms with Crippen LogP contribution in [0.15, 0.2) is 30.3 Å². The maximum Gasteiger partial charge on any atom is 0.264 e. The molecule has 1 aliphatic rings. The molecule has 3 rings (SSSR count). The molecule has 0 bridgehead atoms. The number of halogens is 1. The lowest BCUT2D eigenvalue weighted by atomic mass is 10.1. The van der Waals surface area contributed by atoms with E-state index in [-0.39, 0.29) is 24.1 Å². The zero-order chi connectivity index (χ0) is 20.1. The van der Waals surface area contributed by atoms with Gasteiger partial charge in [-0.1, -0.05) is 32.4 Å². The van der Waals surface area contributed by atoms with Gasteiger partial charge in [-0.25, -0.2) is 4.39 Å². The molecule has 150 valence electrons. The number of nitrogens with zero attached hydrogens (tertiary/aromatic N) is 2. The van der Waals surface area contributed by atoms with E-state index in [0.29, 0.717) is 26.2 Å². The third kappa shape index (κ3) is 4.79. The van der Waals surface area contributed by atoms with Crippen molar-refractivity contribution in [1.29, 1.82) is 0 Å². The van der Waals surface area contributed by atoms with Crippen LogP contribution in [0.3, 0.4) is 0 Å². The lowest BCUT2D eigenvalue weighted by molar-refractivity contribution is -0.131. The zero-order valence-corrected chi connectivity index (χ0v) is 17.4. The van der Waals surface area contributed by atoms with E-state index in [4.69, 9.17) is 0 Å². The van der Waals surface area contributed by atoms with Gasteiger partial charge >= 0.3 is 0 Å². The van der Waals surface area contributed by atoms with Crippen molar-refractivity contribution in [3.8, 4) is 0 Å². The number of aryl methyl sites for hydroxylation is 2. The lowest BCUT2D eigenvalue weighted by Gasteiger charge is -2.34. The zero-order valence-electron chi connectivity index (χ0n) is 16.5. The third-order valence-corrected chi connectivity index (χ3v) is 6.38. The van der Waals surface area contributed by atoms with Crippen LogP contribution in [-0.2, 0) is 24.1 Å². The number of benzene rings is 1. The number of hydrogen-bond donors (Lipinski definition) is 0. The normalized spacial score (nSPS) is 14.4. The van der Waals surface area contributed by atoms with Crippen molar-refractivity contribution < 1.29 is 14.0 Å². The van der Waals surface area contributed by atoms with E-state index >= 15 is 0 Å². The van der Waals surface area contributed by atoms with Gasteiger partial charge in [0.05, 0.1) is 11.3 Å². The summed E-state index contributed by atoms with van der Waals surface area (Å²) in [6.07, 6.45) is 3.31. The molecular weight excluding hydrogens is 375 g/mol. The Hall–Kier alpha value is -2.21. The highest BCUT2D eigenvalue weighted by Crippen LogP contribution is 2.26. The Morgan fingerprint density at radius 2 is 1.68 bits per heavy atom. The Morgan fingerprint density at radius 1 is 1.04 bits per heavy atom. The SMILES string of the molecule is CCCc1sc(C(=O)N2CCN(C(=O)Cc3ccc(F)cc3)CC2)cc1CC. The van der Waals surface area contributed by atoms with Gasteiger partial charge in [-0.3, -0.25) is 9.59 Å². The second-order valence-corrected chi connectivity index (χ2v) is 8.28. The fraction of sp³-hybridized carbons (Fsp3) is 0.455. The van der Waals surface area contributed by atoms with Crippen LogP contribution in [0.2, 0.25) is 0 Å². The highest BCUT2D eigenvalue weighted by atomic mass is 32.1. The van der Waals surface area contributed by atoms with Gasteiger partial charge in [-0.15, -0.1) is 11.3 Å². The van der Waals surface area contributed by atoms with Crippen LogP contribution in [-0.4, -0.2) is 47.8 Å². The minimum absolute atomic E-state index is 0.0216. The Kier molecular flexibility index (Phi) is 6.83. The molecule has 1 aromatic heterocycles. The Labute approximate surface area is 170 Å². The maximum absolute atomic E-state index is 13.0. The molecule has 4 nitrogen and oxygen atoms in total. The fourth-order valence-corrected chi connectivity index (χ4v) is 4.84. The molecule has 2 amide bonds. The average Bonchev–Trinajstić information content (AvgIpc) is 3.12. The smallest absolute Gasteiger partial charge is 0.264 e. The molecule has 28 heavy (non-hydrogen) atoms. The molecule has 0 unspecified atom stereocenters. The summed E-state index contributed by atoms with van der Waals surface area (Å²) in [7, 11) is 0. The molecule has 0 radical (unpaired) electrons. The van der Waals surface area contributed by atoms with E-state index in [1.54, 1.807) is 28.4 Å². The molecule has 0 saturated carbocycles. The van der Waals surface area contributed by atoms with Crippen LogP contribution in [0.4, 0.5) is 4.39 Å². The summed E-state index contributed by atoms with van der Waals surface area (Å²) >= 11 is 1.62. The number of amides is 2. The van der Waals surface area contributed by atoms with E-state index in [1.165, 1.54) is 22.6 Å². The molecule has 2 heterocycles. The first-order chi connectivity index (χ1) is 13.5. The Balaban J connectivity index is 1.56. The average molecular weight is 403 g/mol.